The minimum absolute atomic E-state index is 0.285. The van der Waals surface area contributed by atoms with Gasteiger partial charge in [0.2, 0.25) is 0 Å². The summed E-state index contributed by atoms with van der Waals surface area (Å²) in [6.07, 6.45) is 0. The monoisotopic (exact) mass is 582 g/mol. The minimum atomic E-state index is -0.682. The van der Waals surface area contributed by atoms with E-state index >= 15 is 0 Å². The standard InChI is InChI=1S/C24H14N4O8S3/c29-25(30)15-1-11-23(21(13-15)27(33)34)38-19-7-3-17(4-8-19)37-18-5-9-20(10-6-18)39-24-12-2-16(26(31)32)14-22(24)28(35)36/h1-14H. The number of benzene rings is 4. The van der Waals surface area contributed by atoms with Gasteiger partial charge in [-0.3, -0.25) is 40.5 Å². The van der Waals surface area contributed by atoms with Gasteiger partial charge in [-0.15, -0.1) is 0 Å². The van der Waals surface area contributed by atoms with Gasteiger partial charge in [0.1, 0.15) is 0 Å². The molecule has 0 atom stereocenters. The average Bonchev–Trinajstić information content (AvgIpc) is 2.90. The Morgan fingerprint density at radius 2 is 0.718 bits per heavy atom. The second kappa shape index (κ2) is 11.9. The Labute approximate surface area is 232 Å². The van der Waals surface area contributed by atoms with Crippen LogP contribution in [0.25, 0.3) is 0 Å². The van der Waals surface area contributed by atoms with Gasteiger partial charge in [-0.1, -0.05) is 35.3 Å². The summed E-state index contributed by atoms with van der Waals surface area (Å²) in [5.74, 6) is 0. The summed E-state index contributed by atoms with van der Waals surface area (Å²) in [5.41, 5.74) is -1.39. The van der Waals surface area contributed by atoms with Crippen LogP contribution >= 0.6 is 35.3 Å². The first kappa shape index (κ1) is 27.6. The second-order valence-corrected chi connectivity index (χ2v) is 11.0. The summed E-state index contributed by atoms with van der Waals surface area (Å²) in [6.45, 7) is 0. The van der Waals surface area contributed by atoms with Gasteiger partial charge in [0.25, 0.3) is 22.7 Å². The van der Waals surface area contributed by atoms with E-state index in [1.165, 1.54) is 36.0 Å². The maximum Gasteiger partial charge on any atom is 0.290 e. The fourth-order valence-corrected chi connectivity index (χ4v) is 5.86. The van der Waals surface area contributed by atoms with Crippen LogP contribution in [-0.4, -0.2) is 19.7 Å². The molecule has 0 heterocycles. The van der Waals surface area contributed by atoms with E-state index in [1.807, 2.05) is 24.3 Å². The molecule has 0 saturated carbocycles. The molecule has 12 nitrogen and oxygen atoms in total. The highest BCUT2D eigenvalue weighted by Gasteiger charge is 2.21. The van der Waals surface area contributed by atoms with Crippen molar-refractivity contribution in [2.75, 3.05) is 0 Å². The molecule has 4 rings (SSSR count). The maximum absolute atomic E-state index is 11.4. The second-order valence-electron chi connectivity index (χ2n) is 7.58. The third-order valence-electron chi connectivity index (χ3n) is 5.04. The van der Waals surface area contributed by atoms with Gasteiger partial charge in [0.15, 0.2) is 0 Å². The minimum Gasteiger partial charge on any atom is -0.258 e. The lowest BCUT2D eigenvalue weighted by molar-refractivity contribution is -0.396. The Kier molecular flexibility index (Phi) is 8.43. The normalized spacial score (nSPS) is 10.7. The van der Waals surface area contributed by atoms with Gasteiger partial charge >= 0.3 is 0 Å². The van der Waals surface area contributed by atoms with Crippen LogP contribution in [0.5, 0.6) is 0 Å². The quantitative estimate of drug-likeness (QED) is 0.132. The predicted octanol–water partition coefficient (Wildman–Crippen LogP) is 7.77. The third-order valence-corrected chi connectivity index (χ3v) is 8.20. The number of non-ortho nitro benzene ring substituents is 2. The molecular weight excluding hydrogens is 568 g/mol. The summed E-state index contributed by atoms with van der Waals surface area (Å²) >= 11 is 3.71. The van der Waals surface area contributed by atoms with Crippen molar-refractivity contribution < 1.29 is 19.7 Å². The molecule has 15 heteroatoms. The first-order chi connectivity index (χ1) is 18.6. The van der Waals surface area contributed by atoms with Crippen molar-refractivity contribution in [3.05, 3.63) is 125 Å². The molecule has 0 spiro atoms. The number of hydrogen-bond donors (Lipinski definition) is 0. The molecule has 0 saturated heterocycles. The Hall–Kier alpha value is -4.47. The number of rotatable bonds is 10. The number of nitro groups is 4. The Morgan fingerprint density at radius 1 is 0.410 bits per heavy atom. The average molecular weight is 583 g/mol. The van der Waals surface area contributed by atoms with Crippen LogP contribution in [0, 0.1) is 40.5 Å². The van der Waals surface area contributed by atoms with E-state index in [4.69, 9.17) is 0 Å². The number of hydrogen-bond acceptors (Lipinski definition) is 11. The van der Waals surface area contributed by atoms with Crippen molar-refractivity contribution in [3.8, 4) is 0 Å². The maximum atomic E-state index is 11.4. The summed E-state index contributed by atoms with van der Waals surface area (Å²) < 4.78 is 0. The van der Waals surface area contributed by atoms with Crippen molar-refractivity contribution >= 4 is 58.0 Å². The van der Waals surface area contributed by atoms with Gasteiger partial charge in [-0.25, -0.2) is 0 Å². The topological polar surface area (TPSA) is 173 Å². The predicted molar refractivity (Wildman–Crippen MR) is 145 cm³/mol. The summed E-state index contributed by atoms with van der Waals surface area (Å²) in [6, 6.07) is 21.5. The molecule has 0 fully saturated rings. The summed E-state index contributed by atoms with van der Waals surface area (Å²) in [5, 5.41) is 44.6. The molecule has 0 aromatic heterocycles. The van der Waals surface area contributed by atoms with Gasteiger partial charge < -0.3 is 0 Å². The highest BCUT2D eigenvalue weighted by atomic mass is 32.2. The van der Waals surface area contributed by atoms with Crippen molar-refractivity contribution in [2.24, 2.45) is 0 Å². The van der Waals surface area contributed by atoms with Crippen molar-refractivity contribution in [1.82, 2.24) is 0 Å². The molecule has 0 unspecified atom stereocenters. The van der Waals surface area contributed by atoms with Crippen molar-refractivity contribution in [1.29, 1.82) is 0 Å². The molecule has 0 amide bonds. The molecular formula is C24H14N4O8S3. The lowest BCUT2D eigenvalue weighted by Gasteiger charge is -2.07. The smallest absolute Gasteiger partial charge is 0.258 e. The van der Waals surface area contributed by atoms with Crippen LogP contribution in [0.15, 0.2) is 114 Å². The van der Waals surface area contributed by atoms with Crippen molar-refractivity contribution in [2.45, 2.75) is 29.4 Å². The molecule has 0 aliphatic rings. The molecule has 4 aromatic rings. The highest BCUT2D eigenvalue weighted by molar-refractivity contribution is 8.00. The Balaban J connectivity index is 1.43. The van der Waals surface area contributed by atoms with E-state index in [-0.39, 0.29) is 32.5 Å². The van der Waals surface area contributed by atoms with Crippen molar-refractivity contribution in [3.63, 3.8) is 0 Å². The van der Waals surface area contributed by atoms with E-state index < -0.39 is 19.7 Å². The SMILES string of the molecule is O=[N+]([O-])c1ccc(Sc2ccc(Sc3ccc(Sc4ccc([N+](=O)[O-])cc4[N+](=O)[O-])cc3)cc2)c([N+](=O)[O-])c1. The largest absolute Gasteiger partial charge is 0.290 e. The van der Waals surface area contributed by atoms with Gasteiger partial charge in [0, 0.05) is 31.7 Å². The lowest BCUT2D eigenvalue weighted by Crippen LogP contribution is -1.94. The molecule has 39 heavy (non-hydrogen) atoms. The first-order valence-corrected chi connectivity index (χ1v) is 13.1. The van der Waals surface area contributed by atoms with Crippen LogP contribution < -0.4 is 0 Å². The number of nitrogens with zero attached hydrogens (tertiary/aromatic N) is 4. The zero-order valence-electron chi connectivity index (χ0n) is 19.4. The number of nitro benzene ring substituents is 4. The van der Waals surface area contributed by atoms with Crippen LogP contribution in [0.3, 0.4) is 0 Å². The molecule has 4 aromatic carbocycles. The van der Waals surface area contributed by atoms with E-state index in [0.717, 1.165) is 45.4 Å². The Morgan fingerprint density at radius 3 is 1.00 bits per heavy atom. The lowest BCUT2D eigenvalue weighted by atomic mass is 10.3. The highest BCUT2D eigenvalue weighted by Crippen LogP contribution is 2.40. The summed E-state index contributed by atoms with van der Waals surface area (Å²) in [4.78, 5) is 45.7. The Bertz CT molecular complexity index is 1480. The first-order valence-electron chi connectivity index (χ1n) is 10.7. The zero-order chi connectivity index (χ0) is 28.1. The fourth-order valence-electron chi connectivity index (χ4n) is 3.24. The molecule has 0 N–H and O–H groups in total. The third kappa shape index (κ3) is 6.90. The van der Waals surface area contributed by atoms with Crippen LogP contribution in [0.4, 0.5) is 22.7 Å². The van der Waals surface area contributed by atoms with Crippen LogP contribution in [0.1, 0.15) is 0 Å². The van der Waals surface area contributed by atoms with E-state index in [0.29, 0.717) is 9.79 Å². The fraction of sp³-hybridized carbons (Fsp3) is 0. The van der Waals surface area contributed by atoms with E-state index in [1.54, 1.807) is 24.3 Å². The van der Waals surface area contributed by atoms with E-state index in [9.17, 15) is 40.5 Å². The molecule has 0 radical (unpaired) electrons. The van der Waals surface area contributed by atoms with E-state index in [2.05, 4.69) is 0 Å². The van der Waals surface area contributed by atoms with Crippen LogP contribution in [0.2, 0.25) is 0 Å². The molecule has 0 bridgehead atoms. The molecule has 196 valence electrons. The molecule has 0 aliphatic heterocycles. The van der Waals surface area contributed by atoms with Gasteiger partial charge in [0.05, 0.1) is 41.6 Å². The van der Waals surface area contributed by atoms with Gasteiger partial charge in [-0.2, -0.15) is 0 Å². The zero-order valence-corrected chi connectivity index (χ0v) is 21.8. The molecule has 0 aliphatic carbocycles. The summed E-state index contributed by atoms with van der Waals surface area (Å²) in [7, 11) is 0. The van der Waals surface area contributed by atoms with Gasteiger partial charge in [-0.05, 0) is 60.7 Å². The van der Waals surface area contributed by atoms with Crippen LogP contribution in [-0.2, 0) is 0 Å².